The Morgan fingerprint density at radius 1 is 1.29 bits per heavy atom. The van der Waals surface area contributed by atoms with Crippen LogP contribution >= 0.6 is 11.6 Å². The van der Waals surface area contributed by atoms with Gasteiger partial charge in [0.2, 0.25) is 5.91 Å². The summed E-state index contributed by atoms with van der Waals surface area (Å²) in [6.45, 7) is 3.60. The highest BCUT2D eigenvalue weighted by atomic mass is 35.5. The summed E-state index contributed by atoms with van der Waals surface area (Å²) in [7, 11) is 0. The van der Waals surface area contributed by atoms with E-state index in [2.05, 4.69) is 5.32 Å². The molecule has 14 heavy (non-hydrogen) atoms. The van der Waals surface area contributed by atoms with Crippen LogP contribution in [-0.4, -0.2) is 11.3 Å². The third-order valence-electron chi connectivity index (χ3n) is 2.02. The fourth-order valence-corrected chi connectivity index (χ4v) is 1.22. The molecule has 2 atom stereocenters. The van der Waals surface area contributed by atoms with Gasteiger partial charge in [0.1, 0.15) is 5.38 Å². The second kappa shape index (κ2) is 5.01. The highest BCUT2D eigenvalue weighted by Crippen LogP contribution is 2.11. The van der Waals surface area contributed by atoms with E-state index in [0.717, 1.165) is 5.56 Å². The standard InChI is InChI=1S/C11H14ClNO/c1-8(12)11(14)13-9(2)10-6-4-3-5-7-10/h3-9H,1-2H3,(H,13,14)/t8-,9?/m0/s1. The number of benzene rings is 1. The maximum Gasteiger partial charge on any atom is 0.238 e. The van der Waals surface area contributed by atoms with Crippen LogP contribution in [0.4, 0.5) is 0 Å². The Morgan fingerprint density at radius 2 is 1.86 bits per heavy atom. The fraction of sp³-hybridized carbons (Fsp3) is 0.364. The summed E-state index contributed by atoms with van der Waals surface area (Å²) in [5.41, 5.74) is 1.08. The van der Waals surface area contributed by atoms with Gasteiger partial charge >= 0.3 is 0 Å². The van der Waals surface area contributed by atoms with Gasteiger partial charge in [-0.3, -0.25) is 4.79 Å². The molecule has 3 heteroatoms. The minimum atomic E-state index is -0.485. The van der Waals surface area contributed by atoms with E-state index in [1.54, 1.807) is 6.92 Å². The summed E-state index contributed by atoms with van der Waals surface area (Å²) in [6.07, 6.45) is 0. The van der Waals surface area contributed by atoms with E-state index in [0.29, 0.717) is 0 Å². The van der Waals surface area contributed by atoms with Crippen molar-refractivity contribution in [1.29, 1.82) is 0 Å². The number of amides is 1. The molecular formula is C11H14ClNO. The van der Waals surface area contributed by atoms with Crippen molar-refractivity contribution in [1.82, 2.24) is 5.32 Å². The first kappa shape index (κ1) is 11.1. The van der Waals surface area contributed by atoms with E-state index >= 15 is 0 Å². The second-order valence-corrected chi connectivity index (χ2v) is 3.91. The number of carbonyl (C=O) groups is 1. The largest absolute Gasteiger partial charge is 0.348 e. The van der Waals surface area contributed by atoms with Crippen molar-refractivity contribution in [3.05, 3.63) is 35.9 Å². The molecule has 76 valence electrons. The maximum atomic E-state index is 11.3. The van der Waals surface area contributed by atoms with Gasteiger partial charge in [0, 0.05) is 0 Å². The van der Waals surface area contributed by atoms with Crippen LogP contribution in [0.15, 0.2) is 30.3 Å². The average Bonchev–Trinajstić information content (AvgIpc) is 2.19. The van der Waals surface area contributed by atoms with Crippen LogP contribution in [0.2, 0.25) is 0 Å². The Kier molecular flexibility index (Phi) is 3.96. The van der Waals surface area contributed by atoms with Gasteiger partial charge in [-0.25, -0.2) is 0 Å². The predicted octanol–water partition coefficient (Wildman–Crippen LogP) is 2.49. The van der Waals surface area contributed by atoms with Crippen LogP contribution < -0.4 is 5.32 Å². The van der Waals surface area contributed by atoms with Gasteiger partial charge in [-0.2, -0.15) is 0 Å². The van der Waals surface area contributed by atoms with E-state index < -0.39 is 5.38 Å². The van der Waals surface area contributed by atoms with Gasteiger partial charge in [0.15, 0.2) is 0 Å². The molecule has 0 aliphatic carbocycles. The van der Waals surface area contributed by atoms with Gasteiger partial charge < -0.3 is 5.32 Å². The molecule has 1 aromatic carbocycles. The Bertz CT molecular complexity index is 297. The molecule has 0 fully saturated rings. The summed E-state index contributed by atoms with van der Waals surface area (Å²) in [5, 5.41) is 2.34. The number of hydrogen-bond acceptors (Lipinski definition) is 1. The van der Waals surface area contributed by atoms with E-state index in [-0.39, 0.29) is 11.9 Å². The minimum Gasteiger partial charge on any atom is -0.348 e. The van der Waals surface area contributed by atoms with Gasteiger partial charge in [-0.15, -0.1) is 11.6 Å². The minimum absolute atomic E-state index is 0.00454. The molecule has 1 unspecified atom stereocenters. The number of rotatable bonds is 3. The monoisotopic (exact) mass is 211 g/mol. The molecule has 1 N–H and O–H groups in total. The summed E-state index contributed by atoms with van der Waals surface area (Å²) in [5.74, 6) is -0.136. The molecule has 0 saturated heterocycles. The van der Waals surface area contributed by atoms with Gasteiger partial charge in [0.25, 0.3) is 0 Å². The summed E-state index contributed by atoms with van der Waals surface area (Å²) in [6, 6.07) is 9.80. The van der Waals surface area contributed by atoms with Gasteiger partial charge in [-0.1, -0.05) is 30.3 Å². The van der Waals surface area contributed by atoms with Crippen molar-refractivity contribution in [2.45, 2.75) is 25.3 Å². The molecule has 0 aliphatic heterocycles. The zero-order chi connectivity index (χ0) is 10.6. The van der Waals surface area contributed by atoms with Gasteiger partial charge in [0.05, 0.1) is 6.04 Å². The lowest BCUT2D eigenvalue weighted by molar-refractivity contribution is -0.121. The Balaban J connectivity index is 2.59. The lowest BCUT2D eigenvalue weighted by atomic mass is 10.1. The van der Waals surface area contributed by atoms with Crippen molar-refractivity contribution in [3.8, 4) is 0 Å². The fourth-order valence-electron chi connectivity index (χ4n) is 1.15. The molecule has 0 aliphatic rings. The molecule has 2 nitrogen and oxygen atoms in total. The number of hydrogen-bond donors (Lipinski definition) is 1. The Hall–Kier alpha value is -1.02. The number of carbonyl (C=O) groups excluding carboxylic acids is 1. The Labute approximate surface area is 89.3 Å². The summed E-state index contributed by atoms with van der Waals surface area (Å²) < 4.78 is 0. The highest BCUT2D eigenvalue weighted by Gasteiger charge is 2.12. The van der Waals surface area contributed by atoms with E-state index in [4.69, 9.17) is 11.6 Å². The molecule has 0 aromatic heterocycles. The van der Waals surface area contributed by atoms with Crippen LogP contribution in [0.5, 0.6) is 0 Å². The molecular weight excluding hydrogens is 198 g/mol. The van der Waals surface area contributed by atoms with E-state index in [9.17, 15) is 4.79 Å². The van der Waals surface area contributed by atoms with E-state index in [1.807, 2.05) is 37.3 Å². The van der Waals surface area contributed by atoms with Crippen molar-refractivity contribution in [2.24, 2.45) is 0 Å². The Morgan fingerprint density at radius 3 is 2.36 bits per heavy atom. The van der Waals surface area contributed by atoms with E-state index in [1.165, 1.54) is 0 Å². The van der Waals surface area contributed by atoms with Crippen LogP contribution in [0, 0.1) is 0 Å². The predicted molar refractivity (Wildman–Crippen MR) is 58.3 cm³/mol. The SMILES string of the molecule is CC(NC(=O)[C@H](C)Cl)c1ccccc1. The summed E-state index contributed by atoms with van der Waals surface area (Å²) >= 11 is 5.65. The molecule has 1 amide bonds. The molecule has 1 aromatic rings. The number of nitrogens with one attached hydrogen (secondary N) is 1. The molecule has 0 bridgehead atoms. The van der Waals surface area contributed by atoms with Crippen molar-refractivity contribution >= 4 is 17.5 Å². The van der Waals surface area contributed by atoms with Crippen molar-refractivity contribution in [3.63, 3.8) is 0 Å². The van der Waals surface area contributed by atoms with Crippen LogP contribution in [0.1, 0.15) is 25.5 Å². The molecule has 0 saturated carbocycles. The molecule has 0 radical (unpaired) electrons. The van der Waals surface area contributed by atoms with Crippen LogP contribution in [0.25, 0.3) is 0 Å². The summed E-state index contributed by atoms with van der Waals surface area (Å²) in [4.78, 5) is 11.3. The first-order valence-electron chi connectivity index (χ1n) is 4.60. The average molecular weight is 212 g/mol. The number of alkyl halides is 1. The smallest absolute Gasteiger partial charge is 0.238 e. The quantitative estimate of drug-likeness (QED) is 0.765. The first-order valence-corrected chi connectivity index (χ1v) is 5.04. The third-order valence-corrected chi connectivity index (χ3v) is 2.22. The van der Waals surface area contributed by atoms with Crippen LogP contribution in [0.3, 0.4) is 0 Å². The zero-order valence-corrected chi connectivity index (χ0v) is 9.08. The van der Waals surface area contributed by atoms with Crippen molar-refractivity contribution in [2.75, 3.05) is 0 Å². The zero-order valence-electron chi connectivity index (χ0n) is 8.33. The molecule has 1 rings (SSSR count). The molecule has 0 heterocycles. The van der Waals surface area contributed by atoms with Gasteiger partial charge in [-0.05, 0) is 19.4 Å². The number of halogens is 1. The lowest BCUT2D eigenvalue weighted by Gasteiger charge is -2.14. The van der Waals surface area contributed by atoms with Crippen molar-refractivity contribution < 1.29 is 4.79 Å². The normalized spacial score (nSPS) is 14.5. The topological polar surface area (TPSA) is 29.1 Å². The maximum absolute atomic E-state index is 11.3. The second-order valence-electron chi connectivity index (χ2n) is 3.26. The highest BCUT2D eigenvalue weighted by molar-refractivity contribution is 6.30. The first-order chi connectivity index (χ1) is 6.61. The third kappa shape index (κ3) is 3.04. The molecule has 0 spiro atoms. The lowest BCUT2D eigenvalue weighted by Crippen LogP contribution is -2.31. The van der Waals surface area contributed by atoms with Crippen LogP contribution in [-0.2, 0) is 4.79 Å².